The van der Waals surface area contributed by atoms with E-state index in [4.69, 9.17) is 9.47 Å². The number of aromatic nitrogens is 1. The fourth-order valence-electron chi connectivity index (χ4n) is 6.13. The number of likely N-dealkylation sites (tertiary alicyclic amines) is 1. The van der Waals surface area contributed by atoms with E-state index in [1.54, 1.807) is 19.2 Å². The number of ether oxygens (including phenoxy) is 2. The first-order chi connectivity index (χ1) is 19.4. The summed E-state index contributed by atoms with van der Waals surface area (Å²) >= 11 is 0. The average molecular weight is 544 g/mol. The van der Waals surface area contributed by atoms with Crippen LogP contribution < -0.4 is 4.74 Å². The molecule has 1 aliphatic carbocycles. The van der Waals surface area contributed by atoms with Crippen LogP contribution in [-0.2, 0) is 17.7 Å². The van der Waals surface area contributed by atoms with E-state index in [9.17, 15) is 14.0 Å². The van der Waals surface area contributed by atoms with Crippen LogP contribution in [-0.4, -0.2) is 66.6 Å². The maximum atomic E-state index is 13.6. The third-order valence-electron chi connectivity index (χ3n) is 8.47. The standard InChI is InChI=1S/C32H34FN3O4/c1-39-30-18-27(21-5-7-23(33)8-6-21)26(20-3-4-20)17-22(30)19-35-14-11-24(12-15-35)36-16-13-28-25(31(36)37)9-10-29(34-28)32(38)40-2/h5-10,17-18,20,24H,3-4,11-16,19H2,1-2H3. The van der Waals surface area contributed by atoms with E-state index in [-0.39, 0.29) is 23.5 Å². The summed E-state index contributed by atoms with van der Waals surface area (Å²) < 4.78 is 24.2. The van der Waals surface area contributed by atoms with E-state index in [2.05, 4.69) is 22.0 Å². The lowest BCUT2D eigenvalue weighted by Gasteiger charge is -2.40. The van der Waals surface area contributed by atoms with Crippen LogP contribution in [0.2, 0.25) is 0 Å². The topological polar surface area (TPSA) is 72.0 Å². The lowest BCUT2D eigenvalue weighted by atomic mass is 9.93. The van der Waals surface area contributed by atoms with Crippen LogP contribution in [0.15, 0.2) is 48.5 Å². The Morgan fingerprint density at radius 2 is 1.73 bits per heavy atom. The SMILES string of the molecule is COC(=O)c1ccc2c(n1)CCN(C1CCN(Cc3cc(C4CC4)c(-c4ccc(F)cc4)cc3OC)CC1)C2=O. The molecule has 0 unspecified atom stereocenters. The predicted molar refractivity (Wildman–Crippen MR) is 149 cm³/mol. The highest BCUT2D eigenvalue weighted by Crippen LogP contribution is 2.46. The summed E-state index contributed by atoms with van der Waals surface area (Å²) in [4.78, 5) is 34.0. The zero-order valence-electron chi connectivity index (χ0n) is 23.0. The van der Waals surface area contributed by atoms with E-state index in [0.717, 1.165) is 49.4 Å². The van der Waals surface area contributed by atoms with E-state index >= 15 is 0 Å². The van der Waals surface area contributed by atoms with Gasteiger partial charge in [0.25, 0.3) is 5.91 Å². The van der Waals surface area contributed by atoms with Crippen LogP contribution in [0.25, 0.3) is 11.1 Å². The highest BCUT2D eigenvalue weighted by Gasteiger charge is 2.34. The zero-order valence-corrected chi connectivity index (χ0v) is 23.0. The van der Waals surface area contributed by atoms with Crippen LogP contribution in [0.3, 0.4) is 0 Å². The number of carbonyl (C=O) groups is 2. The molecule has 0 atom stereocenters. The molecule has 208 valence electrons. The van der Waals surface area contributed by atoms with Gasteiger partial charge in [-0.15, -0.1) is 0 Å². The van der Waals surface area contributed by atoms with Gasteiger partial charge < -0.3 is 14.4 Å². The number of rotatable bonds is 7. The summed E-state index contributed by atoms with van der Waals surface area (Å²) in [6.07, 6.45) is 4.80. The summed E-state index contributed by atoms with van der Waals surface area (Å²) in [5, 5.41) is 0. The van der Waals surface area contributed by atoms with Gasteiger partial charge in [-0.3, -0.25) is 9.69 Å². The molecule has 0 radical (unpaired) electrons. The molecule has 1 aromatic heterocycles. The fourth-order valence-corrected chi connectivity index (χ4v) is 6.13. The first-order valence-electron chi connectivity index (χ1n) is 14.0. The summed E-state index contributed by atoms with van der Waals surface area (Å²) in [7, 11) is 3.03. The minimum atomic E-state index is -0.490. The number of benzene rings is 2. The van der Waals surface area contributed by atoms with Gasteiger partial charge in [-0.05, 0) is 84.7 Å². The maximum Gasteiger partial charge on any atom is 0.356 e. The largest absolute Gasteiger partial charge is 0.496 e. The maximum absolute atomic E-state index is 13.6. The van der Waals surface area contributed by atoms with Crippen LogP contribution in [0.4, 0.5) is 4.39 Å². The number of hydrogen-bond donors (Lipinski definition) is 0. The molecule has 3 heterocycles. The number of methoxy groups -OCH3 is 2. The lowest BCUT2D eigenvalue weighted by molar-refractivity contribution is 0.0536. The van der Waals surface area contributed by atoms with E-state index in [1.807, 2.05) is 17.0 Å². The van der Waals surface area contributed by atoms with Crippen LogP contribution in [0, 0.1) is 5.82 Å². The van der Waals surface area contributed by atoms with Gasteiger partial charge in [-0.2, -0.15) is 0 Å². The van der Waals surface area contributed by atoms with Crippen LogP contribution in [0.1, 0.15) is 69.3 Å². The number of nitrogens with zero attached hydrogens (tertiary/aromatic N) is 3. The number of fused-ring (bicyclic) bond motifs is 1. The molecule has 8 heteroatoms. The Morgan fingerprint density at radius 3 is 2.40 bits per heavy atom. The van der Waals surface area contributed by atoms with Gasteiger partial charge in [0.15, 0.2) is 0 Å². The second-order valence-electron chi connectivity index (χ2n) is 11.0. The molecule has 3 aliphatic rings. The number of esters is 1. The quantitative estimate of drug-likeness (QED) is 0.381. The molecular weight excluding hydrogens is 509 g/mol. The summed E-state index contributed by atoms with van der Waals surface area (Å²) in [6.45, 7) is 3.18. The molecule has 0 N–H and O–H groups in total. The average Bonchev–Trinajstić information content (AvgIpc) is 3.83. The second-order valence-corrected chi connectivity index (χ2v) is 11.0. The Labute approximate surface area is 233 Å². The molecule has 2 aliphatic heterocycles. The first kappa shape index (κ1) is 26.4. The van der Waals surface area contributed by atoms with Gasteiger partial charge in [-0.25, -0.2) is 14.2 Å². The number of amides is 1. The van der Waals surface area contributed by atoms with Gasteiger partial charge in [0.05, 0.1) is 25.5 Å². The van der Waals surface area contributed by atoms with Gasteiger partial charge in [-0.1, -0.05) is 12.1 Å². The van der Waals surface area contributed by atoms with Crippen molar-refractivity contribution >= 4 is 11.9 Å². The molecule has 0 bridgehead atoms. The molecular formula is C32H34FN3O4. The molecule has 2 aromatic carbocycles. The second kappa shape index (κ2) is 11.0. The minimum Gasteiger partial charge on any atom is -0.496 e. The Bertz CT molecular complexity index is 1430. The van der Waals surface area contributed by atoms with Crippen molar-refractivity contribution in [1.82, 2.24) is 14.8 Å². The van der Waals surface area contributed by atoms with Crippen LogP contribution in [0.5, 0.6) is 5.75 Å². The normalized spacial score (nSPS) is 18.0. The molecule has 1 saturated heterocycles. The zero-order chi connectivity index (χ0) is 27.8. The molecule has 3 aromatic rings. The van der Waals surface area contributed by atoms with Gasteiger partial charge in [0, 0.05) is 44.2 Å². The van der Waals surface area contributed by atoms with Crippen molar-refractivity contribution in [1.29, 1.82) is 0 Å². The number of halogens is 1. The number of carbonyl (C=O) groups excluding carboxylic acids is 2. The predicted octanol–water partition coefficient (Wildman–Crippen LogP) is 5.22. The van der Waals surface area contributed by atoms with Crippen molar-refractivity contribution in [3.8, 4) is 16.9 Å². The molecule has 1 amide bonds. The molecule has 40 heavy (non-hydrogen) atoms. The Morgan fingerprint density at radius 1 is 0.975 bits per heavy atom. The number of piperidine rings is 1. The molecule has 1 saturated carbocycles. The van der Waals surface area contributed by atoms with E-state index < -0.39 is 5.97 Å². The third kappa shape index (κ3) is 5.20. The van der Waals surface area contributed by atoms with Crippen molar-refractivity contribution in [2.24, 2.45) is 0 Å². The first-order valence-corrected chi connectivity index (χ1v) is 14.0. The van der Waals surface area contributed by atoms with Gasteiger partial charge in [0.1, 0.15) is 17.3 Å². The molecule has 0 spiro atoms. The fraction of sp³-hybridized carbons (Fsp3) is 0.406. The van der Waals surface area contributed by atoms with Crippen LogP contribution >= 0.6 is 0 Å². The highest BCUT2D eigenvalue weighted by atomic mass is 19.1. The Kier molecular flexibility index (Phi) is 7.27. The minimum absolute atomic E-state index is 0.00394. The smallest absolute Gasteiger partial charge is 0.356 e. The monoisotopic (exact) mass is 543 g/mol. The number of hydrogen-bond acceptors (Lipinski definition) is 6. The van der Waals surface area contributed by atoms with Crippen molar-refractivity contribution in [2.45, 2.75) is 50.6 Å². The van der Waals surface area contributed by atoms with Gasteiger partial charge in [0.2, 0.25) is 0 Å². The Balaban J connectivity index is 1.14. The number of pyridine rings is 1. The molecule has 7 nitrogen and oxygen atoms in total. The molecule has 6 rings (SSSR count). The van der Waals surface area contributed by atoms with Crippen molar-refractivity contribution in [2.75, 3.05) is 33.9 Å². The van der Waals surface area contributed by atoms with Gasteiger partial charge >= 0.3 is 5.97 Å². The van der Waals surface area contributed by atoms with Crippen molar-refractivity contribution in [3.63, 3.8) is 0 Å². The van der Waals surface area contributed by atoms with E-state index in [1.165, 1.54) is 43.2 Å². The summed E-state index contributed by atoms with van der Waals surface area (Å²) in [5.74, 6) is 0.671. The summed E-state index contributed by atoms with van der Waals surface area (Å²) in [6, 6.07) is 14.6. The van der Waals surface area contributed by atoms with E-state index in [0.29, 0.717) is 30.1 Å². The summed E-state index contributed by atoms with van der Waals surface area (Å²) in [5.41, 5.74) is 6.12. The lowest BCUT2D eigenvalue weighted by Crippen LogP contribution is -2.50. The Hall–Kier alpha value is -3.78. The van der Waals surface area contributed by atoms with Crippen molar-refractivity contribution < 1.29 is 23.5 Å². The third-order valence-corrected chi connectivity index (χ3v) is 8.47. The molecule has 2 fully saturated rings. The highest BCUT2D eigenvalue weighted by molar-refractivity contribution is 5.97. The van der Waals surface area contributed by atoms with Crippen molar-refractivity contribution in [3.05, 3.63) is 82.4 Å².